The van der Waals surface area contributed by atoms with Crippen molar-refractivity contribution >= 4 is 34.3 Å². The highest BCUT2D eigenvalue weighted by Gasteiger charge is 2.15. The van der Waals surface area contributed by atoms with Gasteiger partial charge in [0.05, 0.1) is 0 Å². The van der Waals surface area contributed by atoms with E-state index in [0.717, 1.165) is 5.56 Å². The third-order valence-electron chi connectivity index (χ3n) is 4.73. The largest absolute Gasteiger partial charge is 0.436 e. The van der Waals surface area contributed by atoms with Crippen LogP contribution in [0.4, 0.5) is 5.69 Å². The number of benzene rings is 3. The molecule has 4 rings (SSSR count). The van der Waals surface area contributed by atoms with E-state index < -0.39 is 0 Å². The van der Waals surface area contributed by atoms with Crippen LogP contribution in [0.5, 0.6) is 0 Å². The molecule has 0 atom stereocenters. The van der Waals surface area contributed by atoms with Crippen LogP contribution in [0, 0.1) is 0 Å². The minimum absolute atomic E-state index is 0.0493. The number of carbonyl (C=O) groups excluding carboxylic acids is 1. The molecule has 0 aliphatic heterocycles. The summed E-state index contributed by atoms with van der Waals surface area (Å²) in [6, 6.07) is 20.4. The van der Waals surface area contributed by atoms with Gasteiger partial charge in [0.15, 0.2) is 5.58 Å². The molecule has 4 nitrogen and oxygen atoms in total. The fourth-order valence-electron chi connectivity index (χ4n) is 3.08. The lowest BCUT2D eigenvalue weighted by Crippen LogP contribution is -2.14. The zero-order valence-electron chi connectivity index (χ0n) is 16.5. The van der Waals surface area contributed by atoms with Crippen molar-refractivity contribution in [1.29, 1.82) is 0 Å². The molecule has 0 spiro atoms. The van der Waals surface area contributed by atoms with Crippen molar-refractivity contribution in [1.82, 2.24) is 4.98 Å². The van der Waals surface area contributed by atoms with Gasteiger partial charge >= 0.3 is 0 Å². The monoisotopic (exact) mass is 404 g/mol. The summed E-state index contributed by atoms with van der Waals surface area (Å²) in [5.74, 6) is 0.326. The van der Waals surface area contributed by atoms with E-state index in [1.54, 1.807) is 30.3 Å². The van der Waals surface area contributed by atoms with Crippen LogP contribution in [-0.4, -0.2) is 10.9 Å². The molecule has 4 aromatic rings. The summed E-state index contributed by atoms with van der Waals surface area (Å²) in [6.07, 6.45) is 0. The predicted octanol–water partition coefficient (Wildman–Crippen LogP) is 6.70. The summed E-state index contributed by atoms with van der Waals surface area (Å²) in [7, 11) is 0. The van der Waals surface area contributed by atoms with Crippen molar-refractivity contribution in [3.8, 4) is 11.5 Å². The second kappa shape index (κ2) is 7.37. The third-order valence-corrected chi connectivity index (χ3v) is 4.97. The lowest BCUT2D eigenvalue weighted by Gasteiger charge is -2.19. The van der Waals surface area contributed by atoms with Gasteiger partial charge in [0.1, 0.15) is 5.52 Å². The lowest BCUT2D eigenvalue weighted by atomic mass is 9.87. The van der Waals surface area contributed by atoms with Gasteiger partial charge in [-0.05, 0) is 59.5 Å². The van der Waals surface area contributed by atoms with Crippen LogP contribution in [0.2, 0.25) is 5.02 Å². The number of aromatic nitrogens is 1. The highest BCUT2D eigenvalue weighted by Crippen LogP contribution is 2.28. The number of fused-ring (bicyclic) bond motifs is 1. The molecule has 29 heavy (non-hydrogen) atoms. The van der Waals surface area contributed by atoms with Crippen molar-refractivity contribution in [3.63, 3.8) is 0 Å². The van der Waals surface area contributed by atoms with Crippen LogP contribution in [0.3, 0.4) is 0 Å². The Balaban J connectivity index is 1.56. The SMILES string of the molecule is CC(C)(C)c1ccc(C(=O)Nc2ccc3oc(-c4cccc(Cl)c4)nc3c2)cc1. The first kappa shape index (κ1) is 19.2. The molecule has 0 saturated carbocycles. The number of nitrogens with one attached hydrogen (secondary N) is 1. The van der Waals surface area contributed by atoms with E-state index in [1.165, 1.54) is 5.56 Å². The van der Waals surface area contributed by atoms with Gasteiger partial charge in [-0.3, -0.25) is 4.79 Å². The average molecular weight is 405 g/mol. The number of hydrogen-bond acceptors (Lipinski definition) is 3. The smallest absolute Gasteiger partial charge is 0.255 e. The quantitative estimate of drug-likeness (QED) is 0.413. The van der Waals surface area contributed by atoms with Gasteiger partial charge in [-0.25, -0.2) is 4.98 Å². The standard InChI is InChI=1S/C24H21ClN2O2/c1-24(2,3)17-9-7-15(8-10-17)22(28)26-19-11-12-21-20(14-19)27-23(29-21)16-5-4-6-18(25)13-16/h4-14H,1-3H3,(H,26,28). The molecule has 1 aromatic heterocycles. The van der Waals surface area contributed by atoms with Crippen molar-refractivity contribution in [2.75, 3.05) is 5.32 Å². The van der Waals surface area contributed by atoms with E-state index in [4.69, 9.17) is 16.0 Å². The zero-order valence-corrected chi connectivity index (χ0v) is 17.2. The second-order valence-corrected chi connectivity index (χ2v) is 8.43. The lowest BCUT2D eigenvalue weighted by molar-refractivity contribution is 0.102. The summed E-state index contributed by atoms with van der Waals surface area (Å²) in [4.78, 5) is 17.1. The molecule has 0 saturated heterocycles. The first-order valence-electron chi connectivity index (χ1n) is 9.38. The van der Waals surface area contributed by atoms with Gasteiger partial charge in [-0.15, -0.1) is 0 Å². The highest BCUT2D eigenvalue weighted by atomic mass is 35.5. The number of anilines is 1. The average Bonchev–Trinajstić information content (AvgIpc) is 3.11. The van der Waals surface area contributed by atoms with Crippen LogP contribution in [0.25, 0.3) is 22.6 Å². The Bertz CT molecular complexity index is 1190. The molecule has 0 aliphatic rings. The van der Waals surface area contributed by atoms with Gasteiger partial charge in [0, 0.05) is 21.8 Å². The molecule has 0 unspecified atom stereocenters. The van der Waals surface area contributed by atoms with Crippen LogP contribution < -0.4 is 5.32 Å². The summed E-state index contributed by atoms with van der Waals surface area (Å²) in [6.45, 7) is 6.44. The van der Waals surface area contributed by atoms with Gasteiger partial charge < -0.3 is 9.73 Å². The molecule has 146 valence electrons. The molecular weight excluding hydrogens is 384 g/mol. The first-order chi connectivity index (χ1) is 13.8. The first-order valence-corrected chi connectivity index (χ1v) is 9.76. The summed E-state index contributed by atoms with van der Waals surface area (Å²) < 4.78 is 5.82. The summed E-state index contributed by atoms with van der Waals surface area (Å²) in [5, 5.41) is 3.55. The van der Waals surface area contributed by atoms with Crippen molar-refractivity contribution < 1.29 is 9.21 Å². The Kier molecular flexibility index (Phi) is 4.89. The highest BCUT2D eigenvalue weighted by molar-refractivity contribution is 6.30. The Labute approximate surface area is 174 Å². The van der Waals surface area contributed by atoms with E-state index in [9.17, 15) is 4.79 Å². The van der Waals surface area contributed by atoms with Crippen LogP contribution in [-0.2, 0) is 5.41 Å². The van der Waals surface area contributed by atoms with E-state index in [1.807, 2.05) is 36.4 Å². The van der Waals surface area contributed by atoms with E-state index in [2.05, 4.69) is 31.1 Å². The maximum absolute atomic E-state index is 12.6. The minimum atomic E-state index is -0.164. The molecule has 1 N–H and O–H groups in total. The van der Waals surface area contributed by atoms with Crippen molar-refractivity contribution in [2.45, 2.75) is 26.2 Å². The van der Waals surface area contributed by atoms with Crippen LogP contribution in [0.15, 0.2) is 71.1 Å². The normalized spacial score (nSPS) is 11.6. The number of oxazole rings is 1. The number of hydrogen-bond donors (Lipinski definition) is 1. The zero-order chi connectivity index (χ0) is 20.6. The molecule has 0 fully saturated rings. The van der Waals surface area contributed by atoms with E-state index >= 15 is 0 Å². The number of rotatable bonds is 3. The van der Waals surface area contributed by atoms with Crippen molar-refractivity contribution in [3.05, 3.63) is 82.9 Å². The molecule has 1 amide bonds. The van der Waals surface area contributed by atoms with Gasteiger partial charge in [-0.2, -0.15) is 0 Å². The fourth-order valence-corrected chi connectivity index (χ4v) is 3.27. The maximum atomic E-state index is 12.6. The Morgan fingerprint density at radius 2 is 1.76 bits per heavy atom. The van der Waals surface area contributed by atoms with Crippen LogP contribution in [0.1, 0.15) is 36.7 Å². The third kappa shape index (κ3) is 4.17. The molecule has 0 bridgehead atoms. The molecule has 0 aliphatic carbocycles. The molecule has 1 heterocycles. The number of amides is 1. The number of nitrogens with zero attached hydrogens (tertiary/aromatic N) is 1. The van der Waals surface area contributed by atoms with Gasteiger partial charge in [0.2, 0.25) is 5.89 Å². The number of halogens is 1. The molecule has 5 heteroatoms. The Morgan fingerprint density at radius 3 is 2.45 bits per heavy atom. The maximum Gasteiger partial charge on any atom is 0.255 e. The Hall–Kier alpha value is -3.11. The predicted molar refractivity (Wildman–Crippen MR) is 118 cm³/mol. The second-order valence-electron chi connectivity index (χ2n) is 7.99. The topological polar surface area (TPSA) is 55.1 Å². The van der Waals surface area contributed by atoms with Crippen molar-refractivity contribution in [2.24, 2.45) is 0 Å². The van der Waals surface area contributed by atoms with Crippen LogP contribution >= 0.6 is 11.6 Å². The molecule has 0 radical (unpaired) electrons. The van der Waals surface area contributed by atoms with E-state index in [0.29, 0.717) is 33.3 Å². The number of carbonyl (C=O) groups is 1. The summed E-state index contributed by atoms with van der Waals surface area (Å²) in [5.41, 5.74) is 4.62. The van der Waals surface area contributed by atoms with E-state index in [-0.39, 0.29) is 11.3 Å². The Morgan fingerprint density at radius 1 is 1.00 bits per heavy atom. The fraction of sp³-hybridized carbons (Fsp3) is 0.167. The molecular formula is C24H21ClN2O2. The van der Waals surface area contributed by atoms with Gasteiger partial charge in [0.25, 0.3) is 5.91 Å². The minimum Gasteiger partial charge on any atom is -0.436 e. The molecule has 3 aromatic carbocycles. The summed E-state index contributed by atoms with van der Waals surface area (Å²) >= 11 is 6.05. The van der Waals surface area contributed by atoms with Gasteiger partial charge in [-0.1, -0.05) is 50.6 Å².